The van der Waals surface area contributed by atoms with Gasteiger partial charge in [0.25, 0.3) is 5.91 Å². The third kappa shape index (κ3) is 1.81. The van der Waals surface area contributed by atoms with E-state index in [4.69, 9.17) is 5.73 Å². The molecule has 4 heteroatoms. The maximum atomic E-state index is 10.8. The fourth-order valence-corrected chi connectivity index (χ4v) is 2.46. The van der Waals surface area contributed by atoms with Crippen LogP contribution in [0.1, 0.15) is 21.5 Å². The van der Waals surface area contributed by atoms with Crippen LogP contribution in [0.5, 0.6) is 0 Å². The number of carbonyl (C=O) groups is 1. The van der Waals surface area contributed by atoms with E-state index in [1.807, 2.05) is 13.0 Å². The van der Waals surface area contributed by atoms with Gasteiger partial charge < -0.3 is 5.73 Å². The van der Waals surface area contributed by atoms with E-state index >= 15 is 0 Å². The average Bonchev–Trinajstić information content (AvgIpc) is 2.30. The summed E-state index contributed by atoms with van der Waals surface area (Å²) < 4.78 is 0.812. The van der Waals surface area contributed by atoms with Gasteiger partial charge in [-0.2, -0.15) is 0 Å². The minimum absolute atomic E-state index is 0.360. The summed E-state index contributed by atoms with van der Waals surface area (Å²) in [6.07, 6.45) is 0.941. The maximum absolute atomic E-state index is 10.8. The van der Waals surface area contributed by atoms with Crippen molar-refractivity contribution < 1.29 is 4.79 Å². The zero-order chi connectivity index (χ0) is 8.43. The van der Waals surface area contributed by atoms with Crippen LogP contribution < -0.4 is 5.73 Å². The van der Waals surface area contributed by atoms with Gasteiger partial charge >= 0.3 is 0 Å². The number of hydrogen-bond donors (Lipinski definition) is 1. The largest absolute Gasteiger partial charge is 0.365 e. The predicted molar refractivity (Wildman–Crippen MR) is 49.9 cm³/mol. The van der Waals surface area contributed by atoms with E-state index in [2.05, 4.69) is 15.9 Å². The minimum atomic E-state index is -0.360. The van der Waals surface area contributed by atoms with Crippen LogP contribution in [0.4, 0.5) is 0 Å². The number of thiophene rings is 1. The number of hydrogen-bond acceptors (Lipinski definition) is 2. The first kappa shape index (κ1) is 8.74. The van der Waals surface area contributed by atoms with Gasteiger partial charge in [-0.15, -0.1) is 11.3 Å². The molecule has 60 valence electrons. The summed E-state index contributed by atoms with van der Waals surface area (Å²) in [7, 11) is 0. The first-order chi connectivity index (χ1) is 5.15. The van der Waals surface area contributed by atoms with Crippen molar-refractivity contribution in [2.75, 3.05) is 0 Å². The highest BCUT2D eigenvalue weighted by molar-refractivity contribution is 9.10. The molecule has 0 atom stereocenters. The Balaban J connectivity index is 3.07. The predicted octanol–water partition coefficient (Wildman–Crippen LogP) is 2.17. The molecule has 2 nitrogen and oxygen atoms in total. The molecule has 0 aliphatic rings. The first-order valence-corrected chi connectivity index (χ1v) is 4.84. The summed E-state index contributed by atoms with van der Waals surface area (Å²) in [5.41, 5.74) is 5.12. The second-order valence-electron chi connectivity index (χ2n) is 2.11. The van der Waals surface area contributed by atoms with Crippen molar-refractivity contribution in [1.82, 2.24) is 0 Å². The van der Waals surface area contributed by atoms with Crippen LogP contribution in [0.2, 0.25) is 0 Å². The van der Waals surface area contributed by atoms with Crippen molar-refractivity contribution in [3.05, 3.63) is 20.3 Å². The molecule has 0 saturated carbocycles. The van der Waals surface area contributed by atoms with Gasteiger partial charge in [-0.25, -0.2) is 0 Å². The molecule has 2 N–H and O–H groups in total. The maximum Gasteiger partial charge on any atom is 0.259 e. The quantitative estimate of drug-likeness (QED) is 0.837. The molecule has 1 amide bonds. The molecule has 0 aliphatic heterocycles. The van der Waals surface area contributed by atoms with E-state index in [-0.39, 0.29) is 5.91 Å². The third-order valence-electron chi connectivity index (χ3n) is 1.31. The van der Waals surface area contributed by atoms with Crippen molar-refractivity contribution in [2.24, 2.45) is 5.73 Å². The summed E-state index contributed by atoms with van der Waals surface area (Å²) in [4.78, 5) is 12.5. The number of amides is 1. The van der Waals surface area contributed by atoms with E-state index < -0.39 is 0 Å². The summed E-state index contributed by atoms with van der Waals surface area (Å²) in [5, 5.41) is 0. The number of halogens is 1. The smallest absolute Gasteiger partial charge is 0.259 e. The highest BCUT2D eigenvalue weighted by atomic mass is 79.9. The number of carbonyl (C=O) groups excluding carboxylic acids is 1. The van der Waals surface area contributed by atoms with Crippen LogP contribution in [0, 0.1) is 0 Å². The Bertz CT molecular complexity index is 282. The lowest BCUT2D eigenvalue weighted by Gasteiger charge is -1.86. The second kappa shape index (κ2) is 3.36. The van der Waals surface area contributed by atoms with Crippen LogP contribution in [0.15, 0.2) is 10.5 Å². The molecule has 0 spiro atoms. The van der Waals surface area contributed by atoms with Gasteiger partial charge in [-0.1, -0.05) is 6.92 Å². The van der Waals surface area contributed by atoms with Crippen LogP contribution in [-0.2, 0) is 6.42 Å². The van der Waals surface area contributed by atoms with E-state index in [0.717, 1.165) is 10.9 Å². The lowest BCUT2D eigenvalue weighted by atomic mass is 10.3. The van der Waals surface area contributed by atoms with Crippen LogP contribution in [0.25, 0.3) is 0 Å². The van der Waals surface area contributed by atoms with Gasteiger partial charge in [0.1, 0.15) is 4.88 Å². The van der Waals surface area contributed by atoms with Crippen molar-refractivity contribution in [1.29, 1.82) is 0 Å². The molecule has 0 saturated heterocycles. The molecule has 0 fully saturated rings. The molecule has 0 bridgehead atoms. The lowest BCUT2D eigenvalue weighted by Crippen LogP contribution is -2.08. The molecule has 0 radical (unpaired) electrons. The number of nitrogens with two attached hydrogens (primary N) is 1. The van der Waals surface area contributed by atoms with Gasteiger partial charge in [0.05, 0.1) is 0 Å². The third-order valence-corrected chi connectivity index (χ3v) is 3.49. The van der Waals surface area contributed by atoms with Crippen molar-refractivity contribution >= 4 is 33.2 Å². The van der Waals surface area contributed by atoms with Crippen molar-refractivity contribution in [2.45, 2.75) is 13.3 Å². The Labute approximate surface area is 77.5 Å². The molecule has 1 rings (SSSR count). The van der Waals surface area contributed by atoms with Crippen LogP contribution >= 0.6 is 27.3 Å². The molecule has 0 aromatic carbocycles. The molecule has 0 unspecified atom stereocenters. The van der Waals surface area contributed by atoms with Crippen molar-refractivity contribution in [3.8, 4) is 0 Å². The standard InChI is InChI=1S/C7H8BrNOS/c1-2-4-3-5(8)6(11-4)7(9)10/h3H,2H2,1H3,(H2,9,10). The SMILES string of the molecule is CCc1cc(Br)c(C(N)=O)s1. The highest BCUT2D eigenvalue weighted by Gasteiger charge is 2.09. The monoisotopic (exact) mass is 233 g/mol. The van der Waals surface area contributed by atoms with Crippen LogP contribution in [-0.4, -0.2) is 5.91 Å². The Kier molecular flexibility index (Phi) is 2.67. The second-order valence-corrected chi connectivity index (χ2v) is 4.10. The van der Waals surface area contributed by atoms with Gasteiger partial charge in [-0.3, -0.25) is 4.79 Å². The zero-order valence-corrected chi connectivity index (χ0v) is 8.46. The molecule has 1 aromatic heterocycles. The Morgan fingerprint density at radius 2 is 2.45 bits per heavy atom. The van der Waals surface area contributed by atoms with Gasteiger partial charge in [-0.05, 0) is 28.4 Å². The summed E-state index contributed by atoms with van der Waals surface area (Å²) in [5.74, 6) is -0.360. The van der Waals surface area contributed by atoms with E-state index in [9.17, 15) is 4.79 Å². The number of primary amides is 1. The molecule has 1 heterocycles. The molecular weight excluding hydrogens is 226 g/mol. The van der Waals surface area contributed by atoms with Crippen molar-refractivity contribution in [3.63, 3.8) is 0 Å². The Hall–Kier alpha value is -0.350. The van der Waals surface area contributed by atoms with E-state index in [1.165, 1.54) is 16.2 Å². The topological polar surface area (TPSA) is 43.1 Å². The van der Waals surface area contributed by atoms with Gasteiger partial charge in [0.2, 0.25) is 0 Å². The number of aryl methyl sites for hydroxylation is 1. The fraction of sp³-hybridized carbons (Fsp3) is 0.286. The Morgan fingerprint density at radius 1 is 1.82 bits per heavy atom. The van der Waals surface area contributed by atoms with Gasteiger partial charge in [0, 0.05) is 9.35 Å². The lowest BCUT2D eigenvalue weighted by molar-refractivity contribution is 0.100. The molecule has 0 aliphatic carbocycles. The fourth-order valence-electron chi connectivity index (χ4n) is 0.758. The first-order valence-electron chi connectivity index (χ1n) is 3.23. The Morgan fingerprint density at radius 3 is 2.73 bits per heavy atom. The normalized spacial score (nSPS) is 10.0. The van der Waals surface area contributed by atoms with E-state index in [0.29, 0.717) is 4.88 Å². The van der Waals surface area contributed by atoms with Crippen LogP contribution in [0.3, 0.4) is 0 Å². The average molecular weight is 234 g/mol. The van der Waals surface area contributed by atoms with Gasteiger partial charge in [0.15, 0.2) is 0 Å². The molecule has 1 aromatic rings. The summed E-state index contributed by atoms with van der Waals surface area (Å²) in [6, 6.07) is 1.94. The minimum Gasteiger partial charge on any atom is -0.365 e. The highest BCUT2D eigenvalue weighted by Crippen LogP contribution is 2.26. The summed E-state index contributed by atoms with van der Waals surface area (Å²) in [6.45, 7) is 2.04. The van der Waals surface area contributed by atoms with E-state index in [1.54, 1.807) is 0 Å². The number of rotatable bonds is 2. The summed E-state index contributed by atoms with van der Waals surface area (Å²) >= 11 is 4.71. The molecule has 11 heavy (non-hydrogen) atoms. The zero-order valence-electron chi connectivity index (χ0n) is 6.06. The molecular formula is C7H8BrNOS.